The maximum absolute atomic E-state index is 13.3. The van der Waals surface area contributed by atoms with Gasteiger partial charge in [-0.05, 0) is 48.9 Å². The lowest BCUT2D eigenvalue weighted by molar-refractivity contribution is 0.386. The normalized spacial score (nSPS) is 19.4. The van der Waals surface area contributed by atoms with E-state index in [0.29, 0.717) is 18.8 Å². The summed E-state index contributed by atoms with van der Waals surface area (Å²) >= 11 is 0. The van der Waals surface area contributed by atoms with Gasteiger partial charge in [-0.15, -0.1) is 0 Å². The molecule has 1 unspecified atom stereocenters. The van der Waals surface area contributed by atoms with Crippen molar-refractivity contribution in [3.05, 3.63) is 59.7 Å². The molecule has 134 valence electrons. The lowest BCUT2D eigenvalue weighted by Crippen LogP contribution is -2.34. The highest BCUT2D eigenvalue weighted by Gasteiger charge is 2.31. The molecule has 2 aromatic rings. The molecule has 0 aromatic heterocycles. The predicted octanol–water partition coefficient (Wildman–Crippen LogP) is 3.96. The van der Waals surface area contributed by atoms with E-state index in [0.717, 1.165) is 24.8 Å². The van der Waals surface area contributed by atoms with E-state index in [9.17, 15) is 8.42 Å². The van der Waals surface area contributed by atoms with Crippen molar-refractivity contribution in [2.75, 3.05) is 20.2 Å². The van der Waals surface area contributed by atoms with Crippen molar-refractivity contribution in [3.63, 3.8) is 0 Å². The maximum Gasteiger partial charge on any atom is 0.246 e. The molecular weight excluding hydrogens is 334 g/mol. The van der Waals surface area contributed by atoms with Crippen molar-refractivity contribution in [2.24, 2.45) is 0 Å². The van der Waals surface area contributed by atoms with Gasteiger partial charge in [0.05, 0.1) is 7.11 Å². The van der Waals surface area contributed by atoms with E-state index in [1.165, 1.54) is 12.7 Å². The van der Waals surface area contributed by atoms with Crippen LogP contribution in [0.1, 0.15) is 36.3 Å². The highest BCUT2D eigenvalue weighted by molar-refractivity contribution is 7.89. The van der Waals surface area contributed by atoms with Crippen LogP contribution in [0.15, 0.2) is 53.4 Å². The highest BCUT2D eigenvalue weighted by atomic mass is 32.2. The average molecular weight is 359 g/mol. The number of nitrogens with zero attached hydrogens (tertiary/aromatic N) is 1. The molecule has 4 nitrogen and oxygen atoms in total. The van der Waals surface area contributed by atoms with Crippen molar-refractivity contribution in [3.8, 4) is 5.75 Å². The largest absolute Gasteiger partial charge is 0.495 e. The van der Waals surface area contributed by atoms with Crippen LogP contribution in [-0.4, -0.2) is 32.9 Å². The van der Waals surface area contributed by atoms with Crippen LogP contribution in [0.3, 0.4) is 0 Å². The Bertz CT molecular complexity index is 818. The molecule has 5 heteroatoms. The van der Waals surface area contributed by atoms with Gasteiger partial charge in [-0.25, -0.2) is 8.42 Å². The van der Waals surface area contributed by atoms with E-state index in [4.69, 9.17) is 4.74 Å². The first-order valence-corrected chi connectivity index (χ1v) is 10.2. The quantitative estimate of drug-likeness (QED) is 0.830. The summed E-state index contributed by atoms with van der Waals surface area (Å²) in [6.45, 7) is 2.97. The number of hydrogen-bond donors (Lipinski definition) is 0. The summed E-state index contributed by atoms with van der Waals surface area (Å²) in [6, 6.07) is 15.5. The van der Waals surface area contributed by atoms with Crippen LogP contribution in [0.25, 0.3) is 0 Å². The number of hydrogen-bond acceptors (Lipinski definition) is 3. The van der Waals surface area contributed by atoms with Crippen molar-refractivity contribution < 1.29 is 13.2 Å². The molecule has 1 fully saturated rings. The van der Waals surface area contributed by atoms with Gasteiger partial charge >= 0.3 is 0 Å². The Morgan fingerprint density at radius 3 is 2.56 bits per heavy atom. The molecule has 3 rings (SSSR count). The Hall–Kier alpha value is -1.85. The zero-order chi connectivity index (χ0) is 17.9. The first-order chi connectivity index (χ1) is 12.0. The number of aryl methyl sites for hydroxylation is 1. The van der Waals surface area contributed by atoms with Gasteiger partial charge in [0.15, 0.2) is 0 Å². The van der Waals surface area contributed by atoms with Crippen LogP contribution in [0.4, 0.5) is 0 Å². The topological polar surface area (TPSA) is 46.6 Å². The Balaban J connectivity index is 1.95. The van der Waals surface area contributed by atoms with Gasteiger partial charge in [-0.1, -0.05) is 42.8 Å². The van der Waals surface area contributed by atoms with Gasteiger partial charge in [0.2, 0.25) is 10.0 Å². The second-order valence-corrected chi connectivity index (χ2v) is 8.53. The molecular formula is C20H25NO3S. The summed E-state index contributed by atoms with van der Waals surface area (Å²) in [5, 5.41) is 0. The van der Waals surface area contributed by atoms with E-state index >= 15 is 0 Å². The van der Waals surface area contributed by atoms with E-state index in [2.05, 4.69) is 12.1 Å². The second kappa shape index (κ2) is 7.58. The molecule has 0 radical (unpaired) electrons. The van der Waals surface area contributed by atoms with Crippen molar-refractivity contribution in [2.45, 2.75) is 37.0 Å². The first-order valence-electron chi connectivity index (χ1n) is 8.72. The average Bonchev–Trinajstić information content (AvgIpc) is 2.89. The van der Waals surface area contributed by atoms with Crippen molar-refractivity contribution in [1.29, 1.82) is 0 Å². The molecule has 0 N–H and O–H groups in total. The summed E-state index contributed by atoms with van der Waals surface area (Å²) in [5.41, 5.74) is 2.12. The van der Waals surface area contributed by atoms with Gasteiger partial charge in [0.1, 0.15) is 10.6 Å². The van der Waals surface area contributed by atoms with Gasteiger partial charge < -0.3 is 4.74 Å². The van der Waals surface area contributed by atoms with Crippen LogP contribution in [0.5, 0.6) is 5.75 Å². The van der Waals surface area contributed by atoms with E-state index in [1.54, 1.807) is 16.4 Å². The highest BCUT2D eigenvalue weighted by Crippen LogP contribution is 2.33. The molecule has 0 bridgehead atoms. The third-order valence-corrected chi connectivity index (χ3v) is 6.73. The lowest BCUT2D eigenvalue weighted by atomic mass is 9.95. The number of sulfonamides is 1. The Labute approximate surface area is 150 Å². The monoisotopic (exact) mass is 359 g/mol. The van der Waals surface area contributed by atoms with Gasteiger partial charge in [-0.2, -0.15) is 4.31 Å². The lowest BCUT2D eigenvalue weighted by Gasteiger charge is -2.25. The fourth-order valence-electron chi connectivity index (χ4n) is 3.45. The number of rotatable bonds is 4. The fourth-order valence-corrected chi connectivity index (χ4v) is 5.21. The number of benzene rings is 2. The Kier molecular flexibility index (Phi) is 5.45. The molecule has 1 saturated heterocycles. The molecule has 1 aliphatic rings. The maximum atomic E-state index is 13.3. The second-order valence-electron chi connectivity index (χ2n) is 6.62. The molecule has 1 heterocycles. The molecule has 1 atom stereocenters. The molecule has 25 heavy (non-hydrogen) atoms. The number of methoxy groups -OCH3 is 1. The Morgan fingerprint density at radius 1 is 1.08 bits per heavy atom. The minimum Gasteiger partial charge on any atom is -0.495 e. The smallest absolute Gasteiger partial charge is 0.246 e. The molecule has 2 aromatic carbocycles. The molecule has 1 aliphatic heterocycles. The predicted molar refractivity (Wildman–Crippen MR) is 99.5 cm³/mol. The van der Waals surface area contributed by atoms with Crippen LogP contribution >= 0.6 is 0 Å². The molecule has 0 aliphatic carbocycles. The summed E-state index contributed by atoms with van der Waals surface area (Å²) in [5.74, 6) is 0.639. The van der Waals surface area contributed by atoms with Gasteiger partial charge in [0.25, 0.3) is 0 Å². The van der Waals surface area contributed by atoms with Crippen LogP contribution in [-0.2, 0) is 10.0 Å². The molecule has 0 amide bonds. The SMILES string of the molecule is COc1ccc(C)cc1S(=O)(=O)N1CCCCC(c2ccccc2)C1. The summed E-state index contributed by atoms with van der Waals surface area (Å²) in [7, 11) is -2.07. The van der Waals surface area contributed by atoms with Crippen LogP contribution in [0.2, 0.25) is 0 Å². The zero-order valence-corrected chi connectivity index (χ0v) is 15.6. The minimum atomic E-state index is -3.58. The standard InChI is InChI=1S/C20H25NO3S/c1-16-11-12-19(24-2)20(14-16)25(22,23)21-13-7-6-10-18(15-21)17-8-4-3-5-9-17/h3-5,8-9,11-12,14,18H,6-7,10,13,15H2,1-2H3. The first kappa shape index (κ1) is 18.0. The van der Waals surface area contributed by atoms with Crippen molar-refractivity contribution in [1.82, 2.24) is 4.31 Å². The van der Waals surface area contributed by atoms with Gasteiger partial charge in [0, 0.05) is 13.1 Å². The molecule has 0 saturated carbocycles. The summed E-state index contributed by atoms with van der Waals surface area (Å²) < 4.78 is 33.5. The zero-order valence-electron chi connectivity index (χ0n) is 14.8. The fraction of sp³-hybridized carbons (Fsp3) is 0.400. The van der Waals surface area contributed by atoms with Crippen molar-refractivity contribution >= 4 is 10.0 Å². The van der Waals surface area contributed by atoms with E-state index in [1.807, 2.05) is 31.2 Å². The third-order valence-electron chi connectivity index (χ3n) is 4.84. The van der Waals surface area contributed by atoms with Crippen LogP contribution < -0.4 is 4.74 Å². The molecule has 0 spiro atoms. The Morgan fingerprint density at radius 2 is 1.84 bits per heavy atom. The minimum absolute atomic E-state index is 0.231. The summed E-state index contributed by atoms with van der Waals surface area (Å²) in [4.78, 5) is 0.267. The summed E-state index contributed by atoms with van der Waals surface area (Å²) in [6.07, 6.45) is 2.94. The van der Waals surface area contributed by atoms with E-state index in [-0.39, 0.29) is 10.8 Å². The third kappa shape index (κ3) is 3.88. The van der Waals surface area contributed by atoms with Gasteiger partial charge in [-0.3, -0.25) is 0 Å². The number of ether oxygens (including phenoxy) is 1. The van der Waals surface area contributed by atoms with Crippen LogP contribution in [0, 0.1) is 6.92 Å². The van der Waals surface area contributed by atoms with E-state index < -0.39 is 10.0 Å².